The Morgan fingerprint density at radius 1 is 0.846 bits per heavy atom. The molecule has 3 rings (SSSR count). The summed E-state index contributed by atoms with van der Waals surface area (Å²) in [6.07, 6.45) is 3.20. The van der Waals surface area contributed by atoms with Crippen LogP contribution in [0.1, 0.15) is 21.5 Å². The van der Waals surface area contributed by atoms with E-state index in [1.54, 1.807) is 12.3 Å². The Bertz CT molecular complexity index is 913. The molecular weight excluding hydrogens is 322 g/mol. The van der Waals surface area contributed by atoms with E-state index >= 15 is 0 Å². The summed E-state index contributed by atoms with van der Waals surface area (Å²) in [4.78, 5) is 12.2. The van der Waals surface area contributed by atoms with Gasteiger partial charge < -0.3 is 10.1 Å². The molecule has 0 amide bonds. The molecule has 0 aliphatic heterocycles. The molecule has 0 bridgehead atoms. The van der Waals surface area contributed by atoms with Crippen molar-refractivity contribution in [3.8, 4) is 11.5 Å². The number of allylic oxidation sites excluding steroid dienone is 1. The first kappa shape index (κ1) is 17.5. The van der Waals surface area contributed by atoms with Gasteiger partial charge in [-0.1, -0.05) is 30.3 Å². The molecule has 0 unspecified atom stereocenters. The van der Waals surface area contributed by atoms with E-state index in [2.05, 4.69) is 5.32 Å². The molecule has 0 saturated carbocycles. The third-order valence-electron chi connectivity index (χ3n) is 4.11. The van der Waals surface area contributed by atoms with Crippen LogP contribution in [-0.2, 0) is 0 Å². The van der Waals surface area contributed by atoms with Gasteiger partial charge in [0.2, 0.25) is 0 Å². The molecule has 0 aliphatic carbocycles. The maximum atomic E-state index is 12.2. The van der Waals surface area contributed by atoms with E-state index in [0.29, 0.717) is 5.56 Å². The van der Waals surface area contributed by atoms with Crippen LogP contribution in [0.25, 0.3) is 0 Å². The second-order valence-electron chi connectivity index (χ2n) is 6.08. The standard InChI is InChI=1S/C23H21NO2/c1-17-8-9-19(16-18(17)2)23(25)14-15-24-20-10-12-22(13-11-20)26-21-6-4-3-5-7-21/h3-16,24H,1-2H3/b15-14+. The number of ketones is 1. The van der Waals surface area contributed by atoms with E-state index in [1.165, 1.54) is 5.56 Å². The minimum absolute atomic E-state index is 0.0235. The van der Waals surface area contributed by atoms with Crippen LogP contribution in [0.5, 0.6) is 11.5 Å². The average molecular weight is 343 g/mol. The monoisotopic (exact) mass is 343 g/mol. The molecule has 1 N–H and O–H groups in total. The fourth-order valence-electron chi connectivity index (χ4n) is 2.45. The van der Waals surface area contributed by atoms with Crippen LogP contribution in [0.4, 0.5) is 5.69 Å². The SMILES string of the molecule is Cc1ccc(C(=O)/C=C/Nc2ccc(Oc3ccccc3)cc2)cc1C. The third-order valence-corrected chi connectivity index (χ3v) is 4.11. The van der Waals surface area contributed by atoms with Crippen molar-refractivity contribution in [2.45, 2.75) is 13.8 Å². The van der Waals surface area contributed by atoms with Gasteiger partial charge in [0.1, 0.15) is 11.5 Å². The van der Waals surface area contributed by atoms with Crippen LogP contribution in [0.3, 0.4) is 0 Å². The Kier molecular flexibility index (Phi) is 5.49. The third kappa shape index (κ3) is 4.61. The first-order chi connectivity index (χ1) is 12.6. The van der Waals surface area contributed by atoms with Crippen molar-refractivity contribution < 1.29 is 9.53 Å². The molecule has 0 aliphatic rings. The Hall–Kier alpha value is -3.33. The molecule has 3 aromatic carbocycles. The lowest BCUT2D eigenvalue weighted by atomic mass is 10.0. The van der Waals surface area contributed by atoms with Crippen LogP contribution in [0.2, 0.25) is 0 Å². The maximum absolute atomic E-state index is 12.2. The summed E-state index contributed by atoms with van der Waals surface area (Å²) in [7, 11) is 0. The molecule has 0 saturated heterocycles. The van der Waals surface area contributed by atoms with E-state index in [4.69, 9.17) is 4.74 Å². The number of ether oxygens (including phenoxy) is 1. The maximum Gasteiger partial charge on any atom is 0.187 e. The van der Waals surface area contributed by atoms with Crippen LogP contribution >= 0.6 is 0 Å². The number of anilines is 1. The fourth-order valence-corrected chi connectivity index (χ4v) is 2.45. The summed E-state index contributed by atoms with van der Waals surface area (Å²) >= 11 is 0. The quantitative estimate of drug-likeness (QED) is 0.447. The number of aryl methyl sites for hydroxylation is 2. The van der Waals surface area contributed by atoms with E-state index in [0.717, 1.165) is 22.7 Å². The number of rotatable bonds is 6. The molecule has 0 radical (unpaired) electrons. The lowest BCUT2D eigenvalue weighted by Crippen LogP contribution is -1.97. The normalized spacial score (nSPS) is 10.7. The molecule has 0 atom stereocenters. The zero-order chi connectivity index (χ0) is 18.4. The van der Waals surface area contributed by atoms with E-state index < -0.39 is 0 Å². The van der Waals surface area contributed by atoms with Gasteiger partial charge >= 0.3 is 0 Å². The summed E-state index contributed by atoms with van der Waals surface area (Å²) in [5, 5.41) is 3.11. The summed E-state index contributed by atoms with van der Waals surface area (Å²) in [6, 6.07) is 22.9. The van der Waals surface area contributed by atoms with Crippen molar-refractivity contribution in [1.29, 1.82) is 0 Å². The summed E-state index contributed by atoms with van der Waals surface area (Å²) in [6.45, 7) is 4.04. The van der Waals surface area contributed by atoms with E-state index in [-0.39, 0.29) is 5.78 Å². The van der Waals surface area contributed by atoms with E-state index in [1.807, 2.05) is 86.6 Å². The molecule has 3 aromatic rings. The van der Waals surface area contributed by atoms with Crippen molar-refractivity contribution in [3.63, 3.8) is 0 Å². The fraction of sp³-hybridized carbons (Fsp3) is 0.0870. The number of carbonyl (C=O) groups excluding carboxylic acids is 1. The van der Waals surface area contributed by atoms with Crippen molar-refractivity contribution in [1.82, 2.24) is 0 Å². The van der Waals surface area contributed by atoms with Crippen LogP contribution < -0.4 is 10.1 Å². The van der Waals surface area contributed by atoms with Gasteiger partial charge in [-0.2, -0.15) is 0 Å². The van der Waals surface area contributed by atoms with Gasteiger partial charge in [0.05, 0.1) is 0 Å². The Morgan fingerprint density at radius 3 is 2.23 bits per heavy atom. The van der Waals surface area contributed by atoms with E-state index in [9.17, 15) is 4.79 Å². The van der Waals surface area contributed by atoms with Gasteiger partial charge in [-0.05, 0) is 67.4 Å². The predicted molar refractivity (Wildman–Crippen MR) is 106 cm³/mol. The second kappa shape index (κ2) is 8.17. The lowest BCUT2D eigenvalue weighted by molar-refractivity contribution is 0.104. The van der Waals surface area contributed by atoms with Crippen LogP contribution in [0.15, 0.2) is 85.1 Å². The first-order valence-corrected chi connectivity index (χ1v) is 8.49. The molecule has 0 fully saturated rings. The highest BCUT2D eigenvalue weighted by atomic mass is 16.5. The van der Waals surface area contributed by atoms with Crippen LogP contribution in [0, 0.1) is 13.8 Å². The average Bonchev–Trinajstić information content (AvgIpc) is 2.66. The minimum Gasteiger partial charge on any atom is -0.457 e. The molecule has 3 nitrogen and oxygen atoms in total. The Labute approximate surface area is 154 Å². The number of hydrogen-bond acceptors (Lipinski definition) is 3. The zero-order valence-electron chi connectivity index (χ0n) is 14.9. The highest BCUT2D eigenvalue weighted by Gasteiger charge is 2.03. The molecule has 0 heterocycles. The number of hydrogen-bond donors (Lipinski definition) is 1. The molecule has 0 aromatic heterocycles. The smallest absolute Gasteiger partial charge is 0.187 e. The summed E-state index contributed by atoms with van der Waals surface area (Å²) < 4.78 is 5.75. The Morgan fingerprint density at radius 2 is 1.54 bits per heavy atom. The van der Waals surface area contributed by atoms with Crippen molar-refractivity contribution in [3.05, 3.63) is 102 Å². The number of para-hydroxylation sites is 1. The highest BCUT2D eigenvalue weighted by molar-refractivity contribution is 6.04. The van der Waals surface area contributed by atoms with Gasteiger partial charge in [-0.25, -0.2) is 0 Å². The second-order valence-corrected chi connectivity index (χ2v) is 6.08. The van der Waals surface area contributed by atoms with Gasteiger partial charge in [0.15, 0.2) is 5.78 Å². The molecule has 26 heavy (non-hydrogen) atoms. The van der Waals surface area contributed by atoms with Gasteiger partial charge in [-0.15, -0.1) is 0 Å². The van der Waals surface area contributed by atoms with Gasteiger partial charge in [0.25, 0.3) is 0 Å². The number of benzene rings is 3. The molecule has 0 spiro atoms. The van der Waals surface area contributed by atoms with Crippen molar-refractivity contribution >= 4 is 11.5 Å². The van der Waals surface area contributed by atoms with Crippen molar-refractivity contribution in [2.75, 3.05) is 5.32 Å². The van der Waals surface area contributed by atoms with Gasteiger partial charge in [0, 0.05) is 23.5 Å². The summed E-state index contributed by atoms with van der Waals surface area (Å²) in [5.41, 5.74) is 3.87. The summed E-state index contributed by atoms with van der Waals surface area (Å²) in [5.74, 6) is 1.54. The highest BCUT2D eigenvalue weighted by Crippen LogP contribution is 2.22. The zero-order valence-corrected chi connectivity index (χ0v) is 14.9. The number of carbonyl (C=O) groups is 1. The number of nitrogens with one attached hydrogen (secondary N) is 1. The molecular formula is C23H21NO2. The first-order valence-electron chi connectivity index (χ1n) is 8.49. The molecule has 3 heteroatoms. The topological polar surface area (TPSA) is 38.3 Å². The largest absolute Gasteiger partial charge is 0.457 e. The predicted octanol–water partition coefficient (Wildman–Crippen LogP) is 5.90. The van der Waals surface area contributed by atoms with Crippen LogP contribution in [-0.4, -0.2) is 5.78 Å². The lowest BCUT2D eigenvalue weighted by Gasteiger charge is -2.06. The Balaban J connectivity index is 1.58. The van der Waals surface area contributed by atoms with Gasteiger partial charge in [-0.3, -0.25) is 4.79 Å². The molecule has 130 valence electrons. The minimum atomic E-state index is -0.0235. The van der Waals surface area contributed by atoms with Crippen molar-refractivity contribution in [2.24, 2.45) is 0 Å².